The van der Waals surface area contributed by atoms with Gasteiger partial charge in [-0.05, 0) is 53.1 Å². The summed E-state index contributed by atoms with van der Waals surface area (Å²) in [5.74, 6) is 0.821. The largest absolute Gasteiger partial charge is 0.496 e. The van der Waals surface area contributed by atoms with E-state index >= 15 is 0 Å². The number of amides is 1. The summed E-state index contributed by atoms with van der Waals surface area (Å²) in [7, 11) is 1.66. The number of carbonyl (C=O) groups excluding carboxylic acids is 1. The highest BCUT2D eigenvalue weighted by atomic mass is 16.5. The molecule has 4 rings (SSSR count). The number of benzene rings is 2. The quantitative estimate of drug-likeness (QED) is 0.497. The zero-order valence-corrected chi connectivity index (χ0v) is 16.8. The summed E-state index contributed by atoms with van der Waals surface area (Å²) in [6, 6.07) is 19.9. The number of rotatable bonds is 7. The predicted molar refractivity (Wildman–Crippen MR) is 118 cm³/mol. The Morgan fingerprint density at radius 2 is 1.93 bits per heavy atom. The molecule has 5 heteroatoms. The summed E-state index contributed by atoms with van der Waals surface area (Å²) < 4.78 is 5.53. The summed E-state index contributed by atoms with van der Waals surface area (Å²) in [5, 5.41) is 5.28. The number of hydrogen-bond acceptors (Lipinski definition) is 4. The Hall–Kier alpha value is -3.73. The van der Waals surface area contributed by atoms with Crippen LogP contribution in [0.4, 0.5) is 0 Å². The Morgan fingerprint density at radius 1 is 1.03 bits per heavy atom. The van der Waals surface area contributed by atoms with Crippen LogP contribution in [0.2, 0.25) is 0 Å². The lowest BCUT2D eigenvalue weighted by Crippen LogP contribution is -2.23. The van der Waals surface area contributed by atoms with Crippen molar-refractivity contribution in [1.82, 2.24) is 15.3 Å². The number of ether oxygens (including phenoxy) is 1. The van der Waals surface area contributed by atoms with E-state index in [0.29, 0.717) is 19.4 Å². The van der Waals surface area contributed by atoms with Gasteiger partial charge in [-0.3, -0.25) is 14.8 Å². The first-order valence-electron chi connectivity index (χ1n) is 9.91. The number of nitrogens with zero attached hydrogens (tertiary/aromatic N) is 2. The Labute approximate surface area is 175 Å². The average Bonchev–Trinajstić information content (AvgIpc) is 2.81. The van der Waals surface area contributed by atoms with E-state index in [0.717, 1.165) is 38.9 Å². The molecule has 0 aliphatic heterocycles. The molecule has 0 atom stereocenters. The van der Waals surface area contributed by atoms with Crippen LogP contribution in [0.25, 0.3) is 22.0 Å². The number of methoxy groups -OCH3 is 1. The normalized spacial score (nSPS) is 10.7. The average molecular weight is 397 g/mol. The molecular formula is C25H23N3O2. The summed E-state index contributed by atoms with van der Waals surface area (Å²) in [6.45, 7) is 0.460. The zero-order valence-electron chi connectivity index (χ0n) is 16.8. The molecule has 2 aromatic carbocycles. The van der Waals surface area contributed by atoms with Crippen LogP contribution in [-0.2, 0) is 17.8 Å². The number of fused-ring (bicyclic) bond motifs is 1. The number of pyridine rings is 2. The van der Waals surface area contributed by atoms with Gasteiger partial charge in [-0.15, -0.1) is 0 Å². The van der Waals surface area contributed by atoms with Gasteiger partial charge in [0, 0.05) is 42.7 Å². The molecule has 1 amide bonds. The molecular weight excluding hydrogens is 374 g/mol. The maximum absolute atomic E-state index is 12.5. The van der Waals surface area contributed by atoms with Crippen molar-refractivity contribution in [2.24, 2.45) is 0 Å². The van der Waals surface area contributed by atoms with Gasteiger partial charge >= 0.3 is 0 Å². The summed E-state index contributed by atoms with van der Waals surface area (Å²) in [5.41, 5.74) is 3.86. The molecule has 0 saturated carbocycles. The number of carbonyl (C=O) groups is 1. The fourth-order valence-electron chi connectivity index (χ4n) is 3.55. The van der Waals surface area contributed by atoms with Crippen molar-refractivity contribution in [3.05, 3.63) is 90.4 Å². The molecule has 0 saturated heterocycles. The molecule has 150 valence electrons. The minimum absolute atomic E-state index is 0.00438. The molecule has 1 N–H and O–H groups in total. The standard InChI is InChI=1S/C25H23N3O2/c1-30-24-10-8-19-5-2-3-7-21(19)22(24)9-11-25(29)28-16-18-12-14-27-23(15-18)20-6-4-13-26-17-20/h2-8,10,12-15,17H,9,11,16H2,1H3,(H,28,29). The molecule has 30 heavy (non-hydrogen) atoms. The van der Waals surface area contributed by atoms with Gasteiger partial charge in [0.15, 0.2) is 0 Å². The molecule has 0 aliphatic carbocycles. The third kappa shape index (κ3) is 4.46. The van der Waals surface area contributed by atoms with E-state index in [1.165, 1.54) is 0 Å². The van der Waals surface area contributed by atoms with Crippen molar-refractivity contribution >= 4 is 16.7 Å². The van der Waals surface area contributed by atoms with Gasteiger partial charge in [0.2, 0.25) is 5.91 Å². The van der Waals surface area contributed by atoms with Crippen molar-refractivity contribution < 1.29 is 9.53 Å². The summed E-state index contributed by atoms with van der Waals surface area (Å²) in [4.78, 5) is 21.0. The second-order valence-corrected chi connectivity index (χ2v) is 7.04. The summed E-state index contributed by atoms with van der Waals surface area (Å²) >= 11 is 0. The van der Waals surface area contributed by atoms with Crippen molar-refractivity contribution in [1.29, 1.82) is 0 Å². The Morgan fingerprint density at radius 3 is 2.77 bits per heavy atom. The maximum atomic E-state index is 12.5. The number of aromatic nitrogens is 2. The fraction of sp³-hybridized carbons (Fsp3) is 0.160. The van der Waals surface area contributed by atoms with E-state index in [4.69, 9.17) is 4.74 Å². The molecule has 0 unspecified atom stereocenters. The monoisotopic (exact) mass is 397 g/mol. The first kappa shape index (κ1) is 19.6. The number of aryl methyl sites for hydroxylation is 1. The first-order valence-corrected chi connectivity index (χ1v) is 9.91. The Kier molecular flexibility index (Phi) is 5.99. The van der Waals surface area contributed by atoms with Crippen LogP contribution in [0.15, 0.2) is 79.3 Å². The van der Waals surface area contributed by atoms with Crippen molar-refractivity contribution in [3.63, 3.8) is 0 Å². The van der Waals surface area contributed by atoms with Crippen LogP contribution < -0.4 is 10.1 Å². The van der Waals surface area contributed by atoms with Crippen LogP contribution >= 0.6 is 0 Å². The molecule has 4 aromatic rings. The van der Waals surface area contributed by atoms with Gasteiger partial charge in [0.1, 0.15) is 5.75 Å². The van der Waals surface area contributed by atoms with Gasteiger partial charge in [0.25, 0.3) is 0 Å². The van der Waals surface area contributed by atoms with Crippen LogP contribution in [-0.4, -0.2) is 23.0 Å². The third-order valence-corrected chi connectivity index (χ3v) is 5.09. The molecule has 0 radical (unpaired) electrons. The molecule has 0 aliphatic rings. The van der Waals surface area contributed by atoms with Gasteiger partial charge in [-0.2, -0.15) is 0 Å². The van der Waals surface area contributed by atoms with Crippen LogP contribution in [0.3, 0.4) is 0 Å². The lowest BCUT2D eigenvalue weighted by molar-refractivity contribution is -0.121. The molecule has 0 fully saturated rings. The van der Waals surface area contributed by atoms with Crippen LogP contribution in [0.5, 0.6) is 5.75 Å². The second-order valence-electron chi connectivity index (χ2n) is 7.04. The first-order chi connectivity index (χ1) is 14.7. The number of hydrogen-bond donors (Lipinski definition) is 1. The molecule has 2 heterocycles. The minimum atomic E-state index is 0.00438. The lowest BCUT2D eigenvalue weighted by Gasteiger charge is -2.12. The van der Waals surface area contributed by atoms with E-state index < -0.39 is 0 Å². The number of nitrogens with one attached hydrogen (secondary N) is 1. The topological polar surface area (TPSA) is 64.1 Å². The van der Waals surface area contributed by atoms with E-state index in [-0.39, 0.29) is 5.91 Å². The van der Waals surface area contributed by atoms with Gasteiger partial charge < -0.3 is 10.1 Å². The van der Waals surface area contributed by atoms with E-state index in [9.17, 15) is 4.79 Å². The second kappa shape index (κ2) is 9.18. The zero-order chi connectivity index (χ0) is 20.8. The Bertz CT molecular complexity index is 1160. The van der Waals surface area contributed by atoms with E-state index in [1.54, 1.807) is 25.7 Å². The predicted octanol–water partition coefficient (Wildman–Crippen LogP) is 4.55. The molecule has 0 bridgehead atoms. The highest BCUT2D eigenvalue weighted by Crippen LogP contribution is 2.29. The molecule has 2 aromatic heterocycles. The van der Waals surface area contributed by atoms with Gasteiger partial charge in [0.05, 0.1) is 12.8 Å². The highest BCUT2D eigenvalue weighted by molar-refractivity contribution is 5.88. The Balaban J connectivity index is 1.40. The van der Waals surface area contributed by atoms with Crippen molar-refractivity contribution in [2.45, 2.75) is 19.4 Å². The molecule has 0 spiro atoms. The lowest BCUT2D eigenvalue weighted by atomic mass is 9.99. The minimum Gasteiger partial charge on any atom is -0.496 e. The van der Waals surface area contributed by atoms with Crippen molar-refractivity contribution in [2.75, 3.05) is 7.11 Å². The van der Waals surface area contributed by atoms with Crippen LogP contribution in [0, 0.1) is 0 Å². The maximum Gasteiger partial charge on any atom is 0.220 e. The van der Waals surface area contributed by atoms with E-state index in [2.05, 4.69) is 27.4 Å². The fourth-order valence-corrected chi connectivity index (χ4v) is 3.55. The van der Waals surface area contributed by atoms with E-state index in [1.807, 2.05) is 48.5 Å². The summed E-state index contributed by atoms with van der Waals surface area (Å²) in [6.07, 6.45) is 6.28. The molecule has 5 nitrogen and oxygen atoms in total. The SMILES string of the molecule is COc1ccc2ccccc2c1CCC(=O)NCc1ccnc(-c2cccnc2)c1. The van der Waals surface area contributed by atoms with Gasteiger partial charge in [-0.1, -0.05) is 30.3 Å². The highest BCUT2D eigenvalue weighted by Gasteiger charge is 2.11. The van der Waals surface area contributed by atoms with Gasteiger partial charge in [-0.25, -0.2) is 0 Å². The smallest absolute Gasteiger partial charge is 0.220 e. The van der Waals surface area contributed by atoms with Crippen molar-refractivity contribution in [3.8, 4) is 17.0 Å². The van der Waals surface area contributed by atoms with Crippen LogP contribution in [0.1, 0.15) is 17.5 Å². The third-order valence-electron chi connectivity index (χ3n) is 5.09.